The normalized spacial score (nSPS) is 17.8. The molecule has 0 aromatic heterocycles. The van der Waals surface area contributed by atoms with Gasteiger partial charge in [-0.3, -0.25) is 14.9 Å². The van der Waals surface area contributed by atoms with Crippen molar-refractivity contribution in [3.8, 4) is 5.75 Å². The van der Waals surface area contributed by atoms with Crippen molar-refractivity contribution in [2.24, 2.45) is 0 Å². The van der Waals surface area contributed by atoms with E-state index in [4.69, 9.17) is 4.74 Å². The minimum absolute atomic E-state index is 0.214. The molecule has 0 unspecified atom stereocenters. The van der Waals surface area contributed by atoms with E-state index in [9.17, 15) is 19.3 Å². The zero-order valence-electron chi connectivity index (χ0n) is 10.7. The van der Waals surface area contributed by atoms with Crippen molar-refractivity contribution < 1.29 is 23.6 Å². The first kappa shape index (κ1) is 14.2. The molecule has 0 spiro atoms. The molecule has 20 heavy (non-hydrogen) atoms. The highest BCUT2D eigenvalue weighted by Crippen LogP contribution is 2.32. The molecule has 1 aliphatic heterocycles. The second kappa shape index (κ2) is 5.83. The average molecular weight is 284 g/mol. The van der Waals surface area contributed by atoms with Gasteiger partial charge in [0.05, 0.1) is 18.1 Å². The predicted octanol–water partition coefficient (Wildman–Crippen LogP) is 1.86. The summed E-state index contributed by atoms with van der Waals surface area (Å²) in [5, 5.41) is 13.3. The van der Waals surface area contributed by atoms with Crippen LogP contribution in [0.25, 0.3) is 0 Å². The number of nitrogens with zero attached hydrogens (tertiary/aromatic N) is 1. The van der Waals surface area contributed by atoms with Crippen molar-refractivity contribution in [3.05, 3.63) is 28.1 Å². The van der Waals surface area contributed by atoms with Gasteiger partial charge in [0.1, 0.15) is 11.8 Å². The van der Waals surface area contributed by atoms with E-state index in [2.05, 4.69) is 10.1 Å². The van der Waals surface area contributed by atoms with E-state index in [1.165, 1.54) is 7.11 Å². The number of hydrogen-bond acceptors (Lipinski definition) is 5. The third-order valence-corrected chi connectivity index (χ3v) is 2.95. The molecule has 7 nitrogen and oxygen atoms in total. The monoisotopic (exact) mass is 284 g/mol. The van der Waals surface area contributed by atoms with Crippen LogP contribution in [-0.2, 0) is 9.53 Å². The molecule has 8 heteroatoms. The number of nitro groups is 1. The smallest absolute Gasteiger partial charge is 0.296 e. The van der Waals surface area contributed by atoms with Gasteiger partial charge in [0.25, 0.3) is 11.6 Å². The standard InChI is InChI=1S/C12H13FN2O5/c1-19-11-6-9(15(17)18)8(5-7(11)13)14-12(16)10-3-2-4-20-10/h5-6,10H,2-4H2,1H3,(H,14,16)/t10-/m1/s1. The summed E-state index contributed by atoms with van der Waals surface area (Å²) in [5.74, 6) is -1.57. The number of ether oxygens (including phenoxy) is 2. The van der Waals surface area contributed by atoms with Gasteiger partial charge in [0.2, 0.25) is 0 Å². The van der Waals surface area contributed by atoms with E-state index in [1.807, 2.05) is 0 Å². The van der Waals surface area contributed by atoms with Crippen molar-refractivity contribution >= 4 is 17.3 Å². The molecular weight excluding hydrogens is 271 g/mol. The largest absolute Gasteiger partial charge is 0.493 e. The molecule has 0 bridgehead atoms. The lowest BCUT2D eigenvalue weighted by Crippen LogP contribution is -2.27. The van der Waals surface area contributed by atoms with Crippen LogP contribution >= 0.6 is 0 Å². The number of benzene rings is 1. The first-order chi connectivity index (χ1) is 9.52. The van der Waals surface area contributed by atoms with E-state index >= 15 is 0 Å². The predicted molar refractivity (Wildman–Crippen MR) is 67.2 cm³/mol. The highest BCUT2D eigenvalue weighted by atomic mass is 19.1. The second-order valence-corrected chi connectivity index (χ2v) is 4.25. The van der Waals surface area contributed by atoms with Crippen LogP contribution in [0.5, 0.6) is 5.75 Å². The summed E-state index contributed by atoms with van der Waals surface area (Å²) >= 11 is 0. The number of rotatable bonds is 4. The van der Waals surface area contributed by atoms with Crippen molar-refractivity contribution in [3.63, 3.8) is 0 Å². The lowest BCUT2D eigenvalue weighted by Gasteiger charge is -2.11. The summed E-state index contributed by atoms with van der Waals surface area (Å²) in [6, 6.07) is 1.80. The maximum Gasteiger partial charge on any atom is 0.296 e. The molecule has 1 aromatic carbocycles. The molecule has 2 rings (SSSR count). The summed E-state index contributed by atoms with van der Waals surface area (Å²) in [6.45, 7) is 0.469. The van der Waals surface area contributed by atoms with E-state index in [0.29, 0.717) is 13.0 Å². The van der Waals surface area contributed by atoms with Crippen molar-refractivity contribution in [1.82, 2.24) is 0 Å². The maximum absolute atomic E-state index is 13.6. The molecule has 1 amide bonds. The topological polar surface area (TPSA) is 90.7 Å². The molecule has 0 radical (unpaired) electrons. The van der Waals surface area contributed by atoms with Gasteiger partial charge in [-0.2, -0.15) is 0 Å². The number of carbonyl (C=O) groups excluding carboxylic acids is 1. The van der Waals surface area contributed by atoms with Crippen LogP contribution < -0.4 is 10.1 Å². The quantitative estimate of drug-likeness (QED) is 0.673. The molecule has 1 saturated heterocycles. The number of anilines is 1. The Labute approximate surface area is 113 Å². The van der Waals surface area contributed by atoms with Crippen LogP contribution in [-0.4, -0.2) is 30.7 Å². The lowest BCUT2D eigenvalue weighted by molar-refractivity contribution is -0.384. The third-order valence-electron chi connectivity index (χ3n) is 2.95. The van der Waals surface area contributed by atoms with Crippen molar-refractivity contribution in [2.45, 2.75) is 18.9 Å². The second-order valence-electron chi connectivity index (χ2n) is 4.25. The number of nitrogens with one attached hydrogen (secondary N) is 1. The Bertz CT molecular complexity index is 543. The van der Waals surface area contributed by atoms with Gasteiger partial charge < -0.3 is 14.8 Å². The van der Waals surface area contributed by atoms with Crippen LogP contribution in [0.3, 0.4) is 0 Å². The number of amides is 1. The van der Waals surface area contributed by atoms with Crippen molar-refractivity contribution in [1.29, 1.82) is 0 Å². The van der Waals surface area contributed by atoms with E-state index in [-0.39, 0.29) is 11.4 Å². The molecule has 1 fully saturated rings. The first-order valence-corrected chi connectivity index (χ1v) is 5.97. The highest BCUT2D eigenvalue weighted by molar-refractivity contribution is 5.96. The zero-order valence-corrected chi connectivity index (χ0v) is 10.7. The molecule has 1 heterocycles. The van der Waals surface area contributed by atoms with Gasteiger partial charge in [0.15, 0.2) is 11.6 Å². The van der Waals surface area contributed by atoms with E-state index in [0.717, 1.165) is 18.6 Å². The third kappa shape index (κ3) is 2.85. The SMILES string of the molecule is COc1cc([N+](=O)[O-])c(NC(=O)[C@H]2CCCO2)cc1F. The summed E-state index contributed by atoms with van der Waals surface area (Å²) < 4.78 is 23.4. The number of nitro benzene ring substituents is 1. The van der Waals surface area contributed by atoms with E-state index in [1.54, 1.807) is 0 Å². The van der Waals surface area contributed by atoms with Crippen LogP contribution in [0, 0.1) is 15.9 Å². The highest BCUT2D eigenvalue weighted by Gasteiger charge is 2.27. The minimum atomic E-state index is -0.791. The molecule has 1 atom stereocenters. The number of carbonyl (C=O) groups is 1. The number of halogens is 1. The maximum atomic E-state index is 13.6. The van der Waals surface area contributed by atoms with Crippen LogP contribution in [0.15, 0.2) is 12.1 Å². The lowest BCUT2D eigenvalue weighted by atomic mass is 10.2. The Kier molecular flexibility index (Phi) is 4.14. The molecule has 1 N–H and O–H groups in total. The van der Waals surface area contributed by atoms with Crippen LogP contribution in [0.4, 0.5) is 15.8 Å². The molecule has 1 aromatic rings. The van der Waals surface area contributed by atoms with Gasteiger partial charge in [-0.15, -0.1) is 0 Å². The summed E-state index contributed by atoms with van der Waals surface area (Å²) in [4.78, 5) is 22.1. The van der Waals surface area contributed by atoms with Gasteiger partial charge in [-0.25, -0.2) is 4.39 Å². The number of methoxy groups -OCH3 is 1. The minimum Gasteiger partial charge on any atom is -0.493 e. The first-order valence-electron chi connectivity index (χ1n) is 5.97. The van der Waals surface area contributed by atoms with E-state index < -0.39 is 28.4 Å². The fourth-order valence-corrected chi connectivity index (χ4v) is 1.95. The van der Waals surface area contributed by atoms with Gasteiger partial charge in [-0.05, 0) is 12.8 Å². The Morgan fingerprint density at radius 1 is 1.60 bits per heavy atom. The summed E-state index contributed by atoms with van der Waals surface area (Å²) in [5.41, 5.74) is -0.650. The Morgan fingerprint density at radius 2 is 2.35 bits per heavy atom. The number of hydrogen-bond donors (Lipinski definition) is 1. The summed E-state index contributed by atoms with van der Waals surface area (Å²) in [7, 11) is 1.20. The van der Waals surface area contributed by atoms with Crippen LogP contribution in [0.2, 0.25) is 0 Å². The molecular formula is C12H13FN2O5. The summed E-state index contributed by atoms with van der Waals surface area (Å²) in [6.07, 6.45) is 0.634. The Morgan fingerprint density at radius 3 is 2.90 bits per heavy atom. The van der Waals surface area contributed by atoms with Crippen LogP contribution in [0.1, 0.15) is 12.8 Å². The van der Waals surface area contributed by atoms with Gasteiger partial charge in [0, 0.05) is 12.7 Å². The van der Waals surface area contributed by atoms with Gasteiger partial charge in [-0.1, -0.05) is 0 Å². The zero-order chi connectivity index (χ0) is 14.7. The molecule has 0 aliphatic carbocycles. The fourth-order valence-electron chi connectivity index (χ4n) is 1.95. The van der Waals surface area contributed by atoms with Gasteiger partial charge >= 0.3 is 0 Å². The molecule has 1 aliphatic rings. The molecule has 0 saturated carbocycles. The Balaban J connectivity index is 2.27. The van der Waals surface area contributed by atoms with Crippen molar-refractivity contribution in [2.75, 3.05) is 19.0 Å². The average Bonchev–Trinajstić information content (AvgIpc) is 2.92. The fraction of sp³-hybridized carbons (Fsp3) is 0.417. The molecule has 108 valence electrons. The Hall–Kier alpha value is -2.22.